The summed E-state index contributed by atoms with van der Waals surface area (Å²) in [7, 11) is 0. The highest BCUT2D eigenvalue weighted by Crippen LogP contribution is 2.11. The molecule has 6 heteroatoms. The number of carboxylic acid groups (broad SMARTS) is 1. The van der Waals surface area contributed by atoms with Gasteiger partial charge in [0.25, 0.3) is 0 Å². The molecule has 0 bridgehead atoms. The molecule has 1 aromatic carbocycles. The van der Waals surface area contributed by atoms with Crippen molar-refractivity contribution in [1.29, 1.82) is 0 Å². The molecular weight excluding hydrogens is 258 g/mol. The number of aromatic nitrogens is 2. The van der Waals surface area contributed by atoms with E-state index >= 15 is 0 Å². The van der Waals surface area contributed by atoms with Gasteiger partial charge in [0.2, 0.25) is 5.91 Å². The van der Waals surface area contributed by atoms with Gasteiger partial charge in [0.15, 0.2) is 0 Å². The first-order valence-electron chi connectivity index (χ1n) is 6.56. The van der Waals surface area contributed by atoms with Crippen LogP contribution in [0.15, 0.2) is 24.3 Å². The molecule has 0 radical (unpaired) electrons. The predicted octanol–water partition coefficient (Wildman–Crippen LogP) is 1.47. The Morgan fingerprint density at radius 3 is 2.80 bits per heavy atom. The van der Waals surface area contributed by atoms with Gasteiger partial charge in [0.05, 0.1) is 11.0 Å². The molecule has 1 heterocycles. The Hall–Kier alpha value is -2.37. The van der Waals surface area contributed by atoms with Gasteiger partial charge in [-0.25, -0.2) is 9.78 Å². The lowest BCUT2D eigenvalue weighted by molar-refractivity contribution is -0.141. The van der Waals surface area contributed by atoms with Crippen LogP contribution in [0.1, 0.15) is 25.6 Å². The SMILES string of the molecule is CCC(NC(=O)CCc1nc2ccccc2[nH]1)C(=O)O. The van der Waals surface area contributed by atoms with E-state index in [0.29, 0.717) is 12.8 Å². The molecule has 106 valence electrons. The Bertz CT molecular complexity index is 588. The Kier molecular flexibility index (Phi) is 4.34. The first-order chi connectivity index (χ1) is 9.60. The Balaban J connectivity index is 1.91. The van der Waals surface area contributed by atoms with E-state index in [9.17, 15) is 9.59 Å². The molecular formula is C14H17N3O3. The van der Waals surface area contributed by atoms with Crippen LogP contribution >= 0.6 is 0 Å². The Labute approximate surface area is 116 Å². The normalized spacial score (nSPS) is 12.2. The molecule has 20 heavy (non-hydrogen) atoms. The van der Waals surface area contributed by atoms with Crippen LogP contribution in [-0.2, 0) is 16.0 Å². The number of carbonyl (C=O) groups is 2. The standard InChI is InChI=1S/C14H17N3O3/c1-2-9(14(19)20)17-13(18)8-7-12-15-10-5-3-4-6-11(10)16-12/h3-6,9H,2,7-8H2,1H3,(H,15,16)(H,17,18)(H,19,20). The first kappa shape index (κ1) is 14.0. The fourth-order valence-electron chi connectivity index (χ4n) is 1.96. The summed E-state index contributed by atoms with van der Waals surface area (Å²) in [6, 6.07) is 6.81. The van der Waals surface area contributed by atoms with Crippen molar-refractivity contribution in [2.45, 2.75) is 32.2 Å². The average Bonchev–Trinajstić information content (AvgIpc) is 2.85. The highest BCUT2D eigenvalue weighted by atomic mass is 16.4. The summed E-state index contributed by atoms with van der Waals surface area (Å²) in [5.41, 5.74) is 1.79. The van der Waals surface area contributed by atoms with E-state index in [2.05, 4.69) is 15.3 Å². The summed E-state index contributed by atoms with van der Waals surface area (Å²) < 4.78 is 0. The van der Waals surface area contributed by atoms with Gasteiger partial charge in [-0.3, -0.25) is 4.79 Å². The third kappa shape index (κ3) is 3.34. The summed E-state index contributed by atoms with van der Waals surface area (Å²) >= 11 is 0. The molecule has 1 amide bonds. The molecule has 3 N–H and O–H groups in total. The molecule has 2 rings (SSSR count). The fraction of sp³-hybridized carbons (Fsp3) is 0.357. The number of rotatable bonds is 6. The van der Waals surface area contributed by atoms with E-state index in [1.54, 1.807) is 6.92 Å². The molecule has 1 atom stereocenters. The number of nitrogens with one attached hydrogen (secondary N) is 2. The Morgan fingerprint density at radius 1 is 1.40 bits per heavy atom. The molecule has 0 saturated heterocycles. The second-order valence-electron chi connectivity index (χ2n) is 4.57. The van der Waals surface area contributed by atoms with Crippen LogP contribution in [0.4, 0.5) is 0 Å². The second-order valence-corrected chi connectivity index (χ2v) is 4.57. The first-order valence-corrected chi connectivity index (χ1v) is 6.56. The smallest absolute Gasteiger partial charge is 0.326 e. The van der Waals surface area contributed by atoms with Crippen LogP contribution in [0, 0.1) is 0 Å². The lowest BCUT2D eigenvalue weighted by atomic mass is 10.2. The summed E-state index contributed by atoms with van der Waals surface area (Å²) in [5.74, 6) is -0.561. The van der Waals surface area contributed by atoms with Crippen molar-refractivity contribution in [3.05, 3.63) is 30.1 Å². The number of fused-ring (bicyclic) bond motifs is 1. The van der Waals surface area contributed by atoms with Gasteiger partial charge in [-0.2, -0.15) is 0 Å². The molecule has 0 aliphatic heterocycles. The number of imidazole rings is 1. The number of aliphatic carboxylic acids is 1. The van der Waals surface area contributed by atoms with Crippen LogP contribution in [-0.4, -0.2) is 33.0 Å². The van der Waals surface area contributed by atoms with E-state index < -0.39 is 12.0 Å². The molecule has 2 aromatic rings. The average molecular weight is 275 g/mol. The third-order valence-electron chi connectivity index (χ3n) is 3.07. The molecule has 0 spiro atoms. The van der Waals surface area contributed by atoms with Gasteiger partial charge in [-0.05, 0) is 18.6 Å². The van der Waals surface area contributed by atoms with Gasteiger partial charge >= 0.3 is 5.97 Å². The summed E-state index contributed by atoms with van der Waals surface area (Å²) in [4.78, 5) is 30.0. The quantitative estimate of drug-likeness (QED) is 0.744. The van der Waals surface area contributed by atoms with Crippen molar-refractivity contribution >= 4 is 22.9 Å². The fourth-order valence-corrected chi connectivity index (χ4v) is 1.96. The number of amides is 1. The van der Waals surface area contributed by atoms with Gasteiger partial charge < -0.3 is 15.4 Å². The third-order valence-corrected chi connectivity index (χ3v) is 3.07. The number of carboxylic acids is 1. The van der Waals surface area contributed by atoms with Crippen molar-refractivity contribution in [1.82, 2.24) is 15.3 Å². The summed E-state index contributed by atoms with van der Waals surface area (Å²) in [6.07, 6.45) is 1.03. The summed E-state index contributed by atoms with van der Waals surface area (Å²) in [6.45, 7) is 1.72. The number of nitrogens with zero attached hydrogens (tertiary/aromatic N) is 1. The minimum absolute atomic E-state index is 0.212. The van der Waals surface area contributed by atoms with Crippen molar-refractivity contribution in [3.63, 3.8) is 0 Å². The lowest BCUT2D eigenvalue weighted by Gasteiger charge is -2.11. The van der Waals surface area contributed by atoms with Crippen LogP contribution in [0.2, 0.25) is 0 Å². The molecule has 0 aliphatic carbocycles. The van der Waals surface area contributed by atoms with Crippen LogP contribution in [0.5, 0.6) is 0 Å². The molecule has 0 aliphatic rings. The van der Waals surface area contributed by atoms with Crippen LogP contribution in [0.3, 0.4) is 0 Å². The van der Waals surface area contributed by atoms with Gasteiger partial charge in [0.1, 0.15) is 11.9 Å². The highest BCUT2D eigenvalue weighted by Gasteiger charge is 2.17. The number of benzene rings is 1. The minimum atomic E-state index is -1.01. The molecule has 1 unspecified atom stereocenters. The van der Waals surface area contributed by atoms with Crippen LogP contribution in [0.25, 0.3) is 11.0 Å². The number of hydrogen-bond donors (Lipinski definition) is 3. The number of carbonyl (C=O) groups excluding carboxylic acids is 1. The van der Waals surface area contributed by atoms with Crippen molar-refractivity contribution in [3.8, 4) is 0 Å². The maximum absolute atomic E-state index is 11.7. The predicted molar refractivity (Wildman–Crippen MR) is 74.3 cm³/mol. The van der Waals surface area contributed by atoms with Gasteiger partial charge in [0, 0.05) is 12.8 Å². The van der Waals surface area contributed by atoms with Gasteiger partial charge in [-0.1, -0.05) is 19.1 Å². The maximum atomic E-state index is 11.7. The van der Waals surface area contributed by atoms with Crippen molar-refractivity contribution < 1.29 is 14.7 Å². The molecule has 0 fully saturated rings. The monoisotopic (exact) mass is 275 g/mol. The number of hydrogen-bond acceptors (Lipinski definition) is 3. The number of H-pyrrole nitrogens is 1. The zero-order valence-electron chi connectivity index (χ0n) is 11.2. The summed E-state index contributed by atoms with van der Waals surface area (Å²) in [5, 5.41) is 11.4. The van der Waals surface area contributed by atoms with E-state index in [4.69, 9.17) is 5.11 Å². The van der Waals surface area contributed by atoms with Crippen molar-refractivity contribution in [2.75, 3.05) is 0 Å². The van der Waals surface area contributed by atoms with Crippen molar-refractivity contribution in [2.24, 2.45) is 0 Å². The second kappa shape index (κ2) is 6.18. The largest absolute Gasteiger partial charge is 0.480 e. The number of aromatic amines is 1. The molecule has 0 saturated carbocycles. The van der Waals surface area contributed by atoms with Gasteiger partial charge in [-0.15, -0.1) is 0 Å². The highest BCUT2D eigenvalue weighted by molar-refractivity contribution is 5.83. The lowest BCUT2D eigenvalue weighted by Crippen LogP contribution is -2.40. The minimum Gasteiger partial charge on any atom is -0.480 e. The number of aryl methyl sites for hydroxylation is 1. The molecule has 1 aromatic heterocycles. The van der Waals surface area contributed by atoms with E-state index in [-0.39, 0.29) is 12.3 Å². The topological polar surface area (TPSA) is 95.1 Å². The van der Waals surface area contributed by atoms with E-state index in [1.807, 2.05) is 24.3 Å². The van der Waals surface area contributed by atoms with Crippen LogP contribution < -0.4 is 5.32 Å². The molecule has 6 nitrogen and oxygen atoms in total. The zero-order chi connectivity index (χ0) is 14.5. The van der Waals surface area contributed by atoms with E-state index in [1.165, 1.54) is 0 Å². The Morgan fingerprint density at radius 2 is 2.15 bits per heavy atom. The maximum Gasteiger partial charge on any atom is 0.326 e. The number of para-hydroxylation sites is 2. The van der Waals surface area contributed by atoms with E-state index in [0.717, 1.165) is 16.9 Å². The zero-order valence-corrected chi connectivity index (χ0v) is 11.2.